The first-order chi connectivity index (χ1) is 15.4. The number of aliphatic hydroxyl groups excluding tert-OH is 1. The van der Waals surface area contributed by atoms with Gasteiger partial charge in [-0.05, 0) is 36.5 Å². The summed E-state index contributed by atoms with van der Waals surface area (Å²) in [6.45, 7) is 3.04. The highest BCUT2D eigenvalue weighted by atomic mass is 16.3. The van der Waals surface area contributed by atoms with Gasteiger partial charge in [0, 0.05) is 37.4 Å². The van der Waals surface area contributed by atoms with Gasteiger partial charge in [0.05, 0.1) is 23.7 Å². The molecule has 3 unspecified atom stereocenters. The van der Waals surface area contributed by atoms with Gasteiger partial charge in [0.2, 0.25) is 5.88 Å². The topological polar surface area (TPSA) is 144 Å². The van der Waals surface area contributed by atoms with Gasteiger partial charge in [-0.25, -0.2) is 0 Å². The number of amides is 1. The number of carbonyl (C=O) groups excluding carboxylic acids is 1. The molecule has 0 radical (unpaired) electrons. The summed E-state index contributed by atoms with van der Waals surface area (Å²) in [6.07, 6.45) is 8.04. The number of hydrogen-bond acceptors (Lipinski definition) is 8. The molecule has 5 rings (SSSR count). The fraction of sp³-hybridized carbons (Fsp3) is 0.435. The number of piperidine rings is 1. The minimum Gasteiger partial charge on any atom is -0.438 e. The summed E-state index contributed by atoms with van der Waals surface area (Å²) in [5, 5.41) is 13.1. The Kier molecular flexibility index (Phi) is 5.22. The maximum atomic E-state index is 13.2. The van der Waals surface area contributed by atoms with Gasteiger partial charge >= 0.3 is 0 Å². The number of rotatable bonds is 4. The van der Waals surface area contributed by atoms with Crippen molar-refractivity contribution in [2.24, 2.45) is 11.7 Å². The second kappa shape index (κ2) is 8.07. The van der Waals surface area contributed by atoms with Crippen molar-refractivity contribution in [1.82, 2.24) is 9.97 Å². The van der Waals surface area contributed by atoms with Gasteiger partial charge in [-0.15, -0.1) is 0 Å². The van der Waals surface area contributed by atoms with Gasteiger partial charge < -0.3 is 31.2 Å². The van der Waals surface area contributed by atoms with Crippen LogP contribution in [0.1, 0.15) is 48.0 Å². The first-order valence-corrected chi connectivity index (χ1v) is 11.0. The van der Waals surface area contributed by atoms with Gasteiger partial charge in [-0.2, -0.15) is 0 Å². The second-order valence-corrected chi connectivity index (χ2v) is 8.97. The van der Waals surface area contributed by atoms with Crippen molar-refractivity contribution < 1.29 is 14.3 Å². The number of furan rings is 1. The number of aromatic nitrogens is 2. The summed E-state index contributed by atoms with van der Waals surface area (Å²) >= 11 is 0. The van der Waals surface area contributed by atoms with Crippen molar-refractivity contribution in [3.8, 4) is 0 Å². The van der Waals surface area contributed by atoms with Crippen LogP contribution in [0.25, 0.3) is 11.1 Å². The minimum absolute atomic E-state index is 0.00186. The molecule has 4 heterocycles. The van der Waals surface area contributed by atoms with Crippen molar-refractivity contribution in [1.29, 1.82) is 0 Å². The number of nitrogen functional groups attached to an aromatic ring is 1. The molecule has 0 aromatic carbocycles. The van der Waals surface area contributed by atoms with Gasteiger partial charge in [-0.3, -0.25) is 14.8 Å². The molecular weight excluding hydrogens is 408 g/mol. The number of hydrogen-bond donors (Lipinski definition) is 4. The van der Waals surface area contributed by atoms with Crippen LogP contribution in [-0.4, -0.2) is 46.2 Å². The van der Waals surface area contributed by atoms with E-state index in [2.05, 4.69) is 20.2 Å². The molecular formula is C23H28N6O3. The van der Waals surface area contributed by atoms with E-state index in [4.69, 9.17) is 15.9 Å². The van der Waals surface area contributed by atoms with E-state index in [0.717, 1.165) is 24.1 Å². The lowest BCUT2D eigenvalue weighted by atomic mass is 9.81. The first-order valence-electron chi connectivity index (χ1n) is 11.0. The van der Waals surface area contributed by atoms with E-state index in [9.17, 15) is 9.90 Å². The Balaban J connectivity index is 1.42. The molecule has 3 atom stereocenters. The molecule has 3 aromatic rings. The molecule has 32 heavy (non-hydrogen) atoms. The zero-order valence-corrected chi connectivity index (χ0v) is 18.0. The SMILES string of the molecule is CC1CN(c2ccncc2NC(=O)c2c(N)oc3cc(C4CCC4)cnc23)CC(N)C1O. The Morgan fingerprint density at radius 1 is 1.31 bits per heavy atom. The van der Waals surface area contributed by atoms with E-state index in [-0.39, 0.29) is 23.4 Å². The van der Waals surface area contributed by atoms with Crippen LogP contribution in [-0.2, 0) is 0 Å². The summed E-state index contributed by atoms with van der Waals surface area (Å²) < 4.78 is 5.69. The lowest BCUT2D eigenvalue weighted by molar-refractivity contribution is 0.0785. The van der Waals surface area contributed by atoms with Crippen LogP contribution in [0.15, 0.2) is 35.1 Å². The third-order valence-electron chi connectivity index (χ3n) is 6.73. The number of pyridine rings is 2. The normalized spacial score (nSPS) is 23.8. The molecule has 168 valence electrons. The Morgan fingerprint density at radius 2 is 2.12 bits per heavy atom. The molecule has 1 saturated heterocycles. The number of carbonyl (C=O) groups is 1. The van der Waals surface area contributed by atoms with E-state index < -0.39 is 12.0 Å². The van der Waals surface area contributed by atoms with Crippen LogP contribution in [0, 0.1) is 5.92 Å². The highest BCUT2D eigenvalue weighted by Gasteiger charge is 2.32. The van der Waals surface area contributed by atoms with Crippen molar-refractivity contribution in [3.05, 3.63) is 41.9 Å². The van der Waals surface area contributed by atoms with Crippen LogP contribution in [0.5, 0.6) is 0 Å². The predicted molar refractivity (Wildman–Crippen MR) is 123 cm³/mol. The molecule has 0 bridgehead atoms. The van der Waals surface area contributed by atoms with Crippen molar-refractivity contribution in [3.63, 3.8) is 0 Å². The summed E-state index contributed by atoms with van der Waals surface area (Å²) in [5.74, 6) is 0.134. The monoisotopic (exact) mass is 436 g/mol. The maximum Gasteiger partial charge on any atom is 0.263 e. The molecule has 2 fully saturated rings. The molecule has 0 spiro atoms. The molecule has 1 saturated carbocycles. The highest BCUT2D eigenvalue weighted by Crippen LogP contribution is 2.38. The Bertz CT molecular complexity index is 1150. The molecule has 9 heteroatoms. The average Bonchev–Trinajstić information content (AvgIpc) is 3.06. The van der Waals surface area contributed by atoms with E-state index >= 15 is 0 Å². The van der Waals surface area contributed by atoms with Gasteiger partial charge in [0.25, 0.3) is 5.91 Å². The first kappa shape index (κ1) is 20.7. The third kappa shape index (κ3) is 3.57. The fourth-order valence-electron chi connectivity index (χ4n) is 4.65. The third-order valence-corrected chi connectivity index (χ3v) is 6.73. The van der Waals surface area contributed by atoms with E-state index in [1.165, 1.54) is 6.42 Å². The molecule has 2 aliphatic rings. The number of nitrogens with two attached hydrogens (primary N) is 2. The summed E-state index contributed by atoms with van der Waals surface area (Å²) in [7, 11) is 0. The number of nitrogens with one attached hydrogen (secondary N) is 1. The fourth-order valence-corrected chi connectivity index (χ4v) is 4.65. The standard InChI is InChI=1S/C23H28N6O3/c1-12-10-29(11-15(24)21(12)30)17-5-6-26-9-16(17)28-23(31)19-20-18(32-22(19)25)7-14(8-27-20)13-3-2-4-13/h5-9,12-13,15,21,30H,2-4,10-11,24-25H2,1H3,(H,28,31). The lowest BCUT2D eigenvalue weighted by Gasteiger charge is -2.40. The molecule has 1 amide bonds. The summed E-state index contributed by atoms with van der Waals surface area (Å²) in [5.41, 5.74) is 15.8. The average molecular weight is 437 g/mol. The Hall–Kier alpha value is -3.17. The quantitative estimate of drug-likeness (QED) is 0.488. The maximum absolute atomic E-state index is 13.2. The molecule has 1 aliphatic carbocycles. The zero-order chi connectivity index (χ0) is 22.4. The summed E-state index contributed by atoms with van der Waals surface area (Å²) in [4.78, 5) is 23.9. The van der Waals surface area contributed by atoms with Gasteiger partial charge in [-0.1, -0.05) is 13.3 Å². The molecule has 6 N–H and O–H groups in total. The highest BCUT2D eigenvalue weighted by molar-refractivity contribution is 6.15. The van der Waals surface area contributed by atoms with E-state index in [0.29, 0.717) is 35.8 Å². The minimum atomic E-state index is -0.556. The molecule has 1 aliphatic heterocycles. The predicted octanol–water partition coefficient (Wildman–Crippen LogP) is 2.47. The van der Waals surface area contributed by atoms with Crippen molar-refractivity contribution in [2.75, 3.05) is 29.0 Å². The molecule has 3 aromatic heterocycles. The van der Waals surface area contributed by atoms with E-state index in [1.54, 1.807) is 12.4 Å². The molecule has 9 nitrogen and oxygen atoms in total. The van der Waals surface area contributed by atoms with Gasteiger partial charge in [0.15, 0.2) is 5.58 Å². The Labute approximate surface area is 185 Å². The lowest BCUT2D eigenvalue weighted by Crippen LogP contribution is -2.55. The summed E-state index contributed by atoms with van der Waals surface area (Å²) in [6, 6.07) is 3.39. The second-order valence-electron chi connectivity index (χ2n) is 8.97. The van der Waals surface area contributed by atoms with Crippen LogP contribution in [0.4, 0.5) is 17.3 Å². The van der Waals surface area contributed by atoms with Crippen LogP contribution < -0.4 is 21.7 Å². The van der Waals surface area contributed by atoms with Gasteiger partial charge in [0.1, 0.15) is 11.1 Å². The number of anilines is 3. The van der Waals surface area contributed by atoms with Crippen molar-refractivity contribution in [2.45, 2.75) is 44.2 Å². The van der Waals surface area contributed by atoms with Crippen LogP contribution >= 0.6 is 0 Å². The number of nitrogens with zero attached hydrogens (tertiary/aromatic N) is 3. The Morgan fingerprint density at radius 3 is 2.84 bits per heavy atom. The zero-order valence-electron chi connectivity index (χ0n) is 18.0. The van der Waals surface area contributed by atoms with Crippen LogP contribution in [0.2, 0.25) is 0 Å². The number of aliphatic hydroxyl groups is 1. The van der Waals surface area contributed by atoms with Crippen LogP contribution in [0.3, 0.4) is 0 Å². The van der Waals surface area contributed by atoms with E-state index in [1.807, 2.05) is 25.3 Å². The van der Waals surface area contributed by atoms with Crippen molar-refractivity contribution >= 4 is 34.3 Å². The smallest absolute Gasteiger partial charge is 0.263 e. The largest absolute Gasteiger partial charge is 0.438 e. The number of fused-ring (bicyclic) bond motifs is 1.